The zero-order chi connectivity index (χ0) is 37.1. The quantitative estimate of drug-likeness (QED) is 0.150. The Kier molecular flexibility index (Phi) is 12.6. The van der Waals surface area contributed by atoms with Crippen molar-refractivity contribution >= 4 is 58.7 Å². The third-order valence-electron chi connectivity index (χ3n) is 9.23. The summed E-state index contributed by atoms with van der Waals surface area (Å²) in [4.78, 5) is 2.74. The first-order valence-corrected chi connectivity index (χ1v) is 21.0. The lowest BCUT2D eigenvalue weighted by molar-refractivity contribution is 0.520. The van der Waals surface area contributed by atoms with Gasteiger partial charge in [0.15, 0.2) is 0 Å². The molecule has 2 heterocycles. The summed E-state index contributed by atoms with van der Waals surface area (Å²) < 4.78 is 69.9. The molecule has 0 spiro atoms. The van der Waals surface area contributed by atoms with Gasteiger partial charge in [-0.05, 0) is 93.7 Å². The second-order valence-electron chi connectivity index (χ2n) is 13.0. The van der Waals surface area contributed by atoms with E-state index in [1.54, 1.807) is 72.8 Å². The summed E-state index contributed by atoms with van der Waals surface area (Å²) in [5.74, 6) is -0.440. The van der Waals surface area contributed by atoms with Crippen LogP contribution < -0.4 is 19.7 Å². The first kappa shape index (κ1) is 37.8. The van der Waals surface area contributed by atoms with E-state index in [1.807, 2.05) is 48.5 Å². The van der Waals surface area contributed by atoms with Crippen LogP contribution >= 0.6 is 0 Å². The Bertz CT molecular complexity index is 2320. The van der Waals surface area contributed by atoms with Crippen LogP contribution in [-0.2, 0) is 20.0 Å². The van der Waals surface area contributed by atoms with Crippen LogP contribution in [0.3, 0.4) is 0 Å². The van der Waals surface area contributed by atoms with Crippen LogP contribution in [0, 0.1) is 5.82 Å². The van der Waals surface area contributed by atoms with Crippen molar-refractivity contribution in [2.24, 2.45) is 0 Å². The van der Waals surface area contributed by atoms with Gasteiger partial charge in [-0.3, -0.25) is 9.44 Å². The van der Waals surface area contributed by atoms with Crippen molar-refractivity contribution in [3.05, 3.63) is 139 Å². The lowest BCUT2D eigenvalue weighted by Crippen LogP contribution is -2.29. The summed E-state index contributed by atoms with van der Waals surface area (Å²) >= 11 is 0. The maximum absolute atomic E-state index is 13.8. The maximum Gasteiger partial charge on any atom is 0.262 e. The number of anilines is 3. The van der Waals surface area contributed by atoms with E-state index < -0.39 is 25.9 Å². The highest BCUT2D eigenvalue weighted by Crippen LogP contribution is 2.34. The van der Waals surface area contributed by atoms with Gasteiger partial charge in [-0.1, -0.05) is 91.3 Å². The Hall–Kier alpha value is -4.97. The topological polar surface area (TPSA) is 108 Å². The average Bonchev–Trinajstić information content (AvgIpc) is 3.19. The Morgan fingerprint density at radius 2 is 0.906 bits per heavy atom. The van der Waals surface area contributed by atoms with Crippen LogP contribution in [0.1, 0.15) is 38.5 Å². The number of halogens is 1. The number of nitrogens with zero attached hydrogens (tertiary/aromatic N) is 1. The highest BCUT2D eigenvalue weighted by Gasteiger charge is 2.22. The molecule has 2 fully saturated rings. The predicted molar refractivity (Wildman–Crippen MR) is 215 cm³/mol. The third kappa shape index (κ3) is 9.72. The van der Waals surface area contributed by atoms with Crippen LogP contribution in [-0.4, -0.2) is 43.0 Å². The molecule has 6 aromatic rings. The first-order valence-electron chi connectivity index (χ1n) is 18.0. The second-order valence-corrected chi connectivity index (χ2v) is 16.3. The Balaban J connectivity index is 0.000000159. The fourth-order valence-electron chi connectivity index (χ4n) is 6.60. The minimum absolute atomic E-state index is 0.0587. The minimum Gasteiger partial charge on any atom is -0.371 e. The number of rotatable bonds is 7. The third-order valence-corrected chi connectivity index (χ3v) is 12.1. The van der Waals surface area contributed by atoms with Crippen molar-refractivity contribution in [1.82, 2.24) is 5.32 Å². The fourth-order valence-corrected chi connectivity index (χ4v) is 9.15. The fraction of sp³-hybridized carbons (Fsp3) is 0.238. The van der Waals surface area contributed by atoms with E-state index >= 15 is 0 Å². The summed E-state index contributed by atoms with van der Waals surface area (Å²) in [6.07, 6.45) is 7.85. The average molecular weight is 753 g/mol. The van der Waals surface area contributed by atoms with Crippen molar-refractivity contribution in [2.45, 2.75) is 48.3 Å². The monoisotopic (exact) mass is 752 g/mol. The summed E-state index contributed by atoms with van der Waals surface area (Å²) in [6, 6.07) is 38.0. The van der Waals surface area contributed by atoms with Crippen molar-refractivity contribution in [1.29, 1.82) is 0 Å². The summed E-state index contributed by atoms with van der Waals surface area (Å²) in [7, 11) is -7.43. The summed E-state index contributed by atoms with van der Waals surface area (Å²) in [6.45, 7) is 4.55. The van der Waals surface area contributed by atoms with Gasteiger partial charge in [-0.2, -0.15) is 0 Å². The molecule has 0 saturated carbocycles. The summed E-state index contributed by atoms with van der Waals surface area (Å²) in [5.41, 5.74) is 2.15. The number of hydrogen-bond acceptors (Lipinski definition) is 6. The number of fused-ring (bicyclic) bond motifs is 2. The first-order chi connectivity index (χ1) is 25.7. The SMILES string of the molecule is C1CCNCC1.O=S(=O)(Nc1ccccc1)c1ccc(F)c2ccccc12.O=S(=O)(Nc1ccccc1)c1ccc(N2CCCCC2)c2ccccc12. The van der Waals surface area contributed by atoms with Crippen LogP contribution in [0.25, 0.3) is 21.5 Å². The van der Waals surface area contributed by atoms with E-state index in [2.05, 4.69) is 19.7 Å². The molecular weight excluding hydrogens is 708 g/mol. The van der Waals surface area contributed by atoms with Crippen LogP contribution in [0.2, 0.25) is 0 Å². The molecule has 2 aliphatic heterocycles. The van der Waals surface area contributed by atoms with Crippen molar-refractivity contribution < 1.29 is 21.2 Å². The van der Waals surface area contributed by atoms with Crippen LogP contribution in [0.5, 0.6) is 0 Å². The summed E-state index contributed by atoms with van der Waals surface area (Å²) in [5, 5.41) is 5.69. The number of para-hydroxylation sites is 2. The van der Waals surface area contributed by atoms with E-state index in [4.69, 9.17) is 0 Å². The molecule has 53 heavy (non-hydrogen) atoms. The second kappa shape index (κ2) is 17.7. The van der Waals surface area contributed by atoms with Gasteiger partial charge in [-0.15, -0.1) is 0 Å². The predicted octanol–water partition coefficient (Wildman–Crippen LogP) is 9.17. The van der Waals surface area contributed by atoms with Gasteiger partial charge in [0, 0.05) is 51.7 Å². The van der Waals surface area contributed by atoms with E-state index in [0.717, 1.165) is 29.5 Å². The number of piperidine rings is 2. The number of nitrogens with one attached hydrogen (secondary N) is 3. The maximum atomic E-state index is 13.8. The van der Waals surface area contributed by atoms with Crippen molar-refractivity contribution in [3.63, 3.8) is 0 Å². The molecule has 0 atom stereocenters. The van der Waals surface area contributed by atoms with E-state index in [9.17, 15) is 21.2 Å². The molecule has 0 bridgehead atoms. The highest BCUT2D eigenvalue weighted by molar-refractivity contribution is 7.93. The molecule has 2 saturated heterocycles. The van der Waals surface area contributed by atoms with Crippen molar-refractivity contribution in [3.8, 4) is 0 Å². The van der Waals surface area contributed by atoms with E-state index in [-0.39, 0.29) is 10.3 Å². The Morgan fingerprint density at radius 3 is 1.40 bits per heavy atom. The molecule has 0 aromatic heterocycles. The van der Waals surface area contributed by atoms with Gasteiger partial charge < -0.3 is 10.2 Å². The molecule has 276 valence electrons. The lowest BCUT2D eigenvalue weighted by Gasteiger charge is -2.30. The zero-order valence-electron chi connectivity index (χ0n) is 29.5. The lowest BCUT2D eigenvalue weighted by atomic mass is 10.1. The molecule has 0 radical (unpaired) electrons. The van der Waals surface area contributed by atoms with Gasteiger partial charge in [0.25, 0.3) is 20.0 Å². The molecule has 8 rings (SSSR count). The number of benzene rings is 6. The van der Waals surface area contributed by atoms with Gasteiger partial charge >= 0.3 is 0 Å². The van der Waals surface area contributed by atoms with Gasteiger partial charge in [0.2, 0.25) is 0 Å². The van der Waals surface area contributed by atoms with Crippen LogP contribution in [0.4, 0.5) is 21.5 Å². The van der Waals surface area contributed by atoms with Gasteiger partial charge in [0.1, 0.15) is 5.82 Å². The van der Waals surface area contributed by atoms with E-state index in [0.29, 0.717) is 21.7 Å². The molecule has 0 aliphatic carbocycles. The molecule has 3 N–H and O–H groups in total. The Morgan fingerprint density at radius 1 is 0.472 bits per heavy atom. The smallest absolute Gasteiger partial charge is 0.262 e. The molecule has 6 aromatic carbocycles. The molecule has 8 nitrogen and oxygen atoms in total. The number of sulfonamides is 2. The molecular formula is C42H45FN4O4S2. The molecule has 2 aliphatic rings. The Labute approximate surface area is 312 Å². The molecule has 11 heteroatoms. The minimum atomic E-state index is -3.77. The molecule has 0 unspecified atom stereocenters. The largest absolute Gasteiger partial charge is 0.371 e. The molecule has 0 amide bonds. The van der Waals surface area contributed by atoms with Crippen LogP contribution in [0.15, 0.2) is 143 Å². The zero-order valence-corrected chi connectivity index (χ0v) is 31.2. The number of hydrogen-bond donors (Lipinski definition) is 3. The van der Waals surface area contributed by atoms with Gasteiger partial charge in [0.05, 0.1) is 9.79 Å². The van der Waals surface area contributed by atoms with Gasteiger partial charge in [-0.25, -0.2) is 21.2 Å². The highest BCUT2D eigenvalue weighted by atomic mass is 32.2. The van der Waals surface area contributed by atoms with Crippen molar-refractivity contribution in [2.75, 3.05) is 40.5 Å². The standard InChI is InChI=1S/C21H22N2O2S.C16H12FNO2S.C5H11N/c24-26(25,22-17-9-3-1-4-10-17)21-14-13-20(23-15-7-2-8-16-23)18-11-5-6-12-19(18)21;17-15-10-11-16(14-9-5-4-8-13(14)15)21(19,20)18-12-6-2-1-3-7-12;1-2-4-6-5-3-1/h1,3-6,9-14,22H,2,7-8,15-16H2;1-11,18H;6H,1-5H2. The van der Waals surface area contributed by atoms with E-state index in [1.165, 1.54) is 63.7 Å². The normalized spacial score (nSPS) is 14.7.